The van der Waals surface area contributed by atoms with Gasteiger partial charge in [0, 0.05) is 18.3 Å². The van der Waals surface area contributed by atoms with Crippen LogP contribution < -0.4 is 5.43 Å². The molecule has 0 radical (unpaired) electrons. The predicted molar refractivity (Wildman–Crippen MR) is 87.6 cm³/mol. The number of nitrogens with one attached hydrogen (secondary N) is 1. The zero-order valence-electron chi connectivity index (χ0n) is 12.7. The van der Waals surface area contributed by atoms with Crippen molar-refractivity contribution in [2.45, 2.75) is 33.6 Å². The SMILES string of the molecule is CC(C)=CCCC(C)=CC=NNc1ccc([N+](=O)[O-])cc1. The van der Waals surface area contributed by atoms with E-state index in [4.69, 9.17) is 0 Å². The number of nitro benzene ring substituents is 1. The molecule has 0 aliphatic rings. The smallest absolute Gasteiger partial charge is 0.269 e. The molecule has 0 spiro atoms. The molecule has 0 fully saturated rings. The quantitative estimate of drug-likeness (QED) is 0.342. The van der Waals surface area contributed by atoms with Crippen molar-refractivity contribution < 1.29 is 4.92 Å². The predicted octanol–water partition coefficient (Wildman–Crippen LogP) is 4.69. The lowest BCUT2D eigenvalue weighted by atomic mass is 10.1. The summed E-state index contributed by atoms with van der Waals surface area (Å²) in [4.78, 5) is 10.1. The minimum Gasteiger partial charge on any atom is -0.279 e. The first-order valence-electron chi connectivity index (χ1n) is 6.81. The van der Waals surface area contributed by atoms with Gasteiger partial charge >= 0.3 is 0 Å². The average Bonchev–Trinajstić information content (AvgIpc) is 2.43. The third kappa shape index (κ3) is 7.06. The van der Waals surface area contributed by atoms with E-state index in [2.05, 4.69) is 37.4 Å². The van der Waals surface area contributed by atoms with E-state index < -0.39 is 4.92 Å². The van der Waals surface area contributed by atoms with Crippen LogP contribution in [0.3, 0.4) is 0 Å². The van der Waals surface area contributed by atoms with Crippen LogP contribution in [0.1, 0.15) is 33.6 Å². The maximum Gasteiger partial charge on any atom is 0.269 e. The number of nitrogens with zero attached hydrogens (tertiary/aromatic N) is 2. The van der Waals surface area contributed by atoms with E-state index in [1.807, 2.05) is 6.08 Å². The molecule has 5 nitrogen and oxygen atoms in total. The van der Waals surface area contributed by atoms with Gasteiger partial charge < -0.3 is 0 Å². The third-order valence-corrected chi connectivity index (χ3v) is 2.80. The molecule has 0 atom stereocenters. The fraction of sp³-hybridized carbons (Fsp3) is 0.312. The second-order valence-corrected chi connectivity index (χ2v) is 5.03. The van der Waals surface area contributed by atoms with E-state index in [0.717, 1.165) is 12.8 Å². The Labute approximate surface area is 125 Å². The number of benzene rings is 1. The van der Waals surface area contributed by atoms with Crippen LogP contribution in [0.5, 0.6) is 0 Å². The molecule has 0 aliphatic heterocycles. The molecule has 1 rings (SSSR count). The topological polar surface area (TPSA) is 67.5 Å². The first-order valence-corrected chi connectivity index (χ1v) is 6.81. The van der Waals surface area contributed by atoms with Crippen molar-refractivity contribution in [2.75, 3.05) is 5.43 Å². The minimum atomic E-state index is -0.425. The molecule has 0 amide bonds. The molecule has 0 unspecified atom stereocenters. The number of non-ortho nitro benzene ring substituents is 1. The summed E-state index contributed by atoms with van der Waals surface area (Å²) < 4.78 is 0. The molecule has 0 aromatic heterocycles. The number of hydrazone groups is 1. The van der Waals surface area contributed by atoms with Gasteiger partial charge in [-0.05, 0) is 51.8 Å². The van der Waals surface area contributed by atoms with Gasteiger partial charge in [-0.2, -0.15) is 5.10 Å². The largest absolute Gasteiger partial charge is 0.279 e. The summed E-state index contributed by atoms with van der Waals surface area (Å²) in [5.74, 6) is 0. The van der Waals surface area contributed by atoms with E-state index in [1.165, 1.54) is 23.3 Å². The van der Waals surface area contributed by atoms with E-state index >= 15 is 0 Å². The first-order chi connectivity index (χ1) is 9.99. The highest BCUT2D eigenvalue weighted by molar-refractivity contribution is 5.73. The van der Waals surface area contributed by atoms with Crippen LogP contribution in [0.25, 0.3) is 0 Å². The van der Waals surface area contributed by atoms with E-state index in [9.17, 15) is 10.1 Å². The number of anilines is 1. The van der Waals surface area contributed by atoms with Crippen molar-refractivity contribution in [3.63, 3.8) is 0 Å². The molecule has 1 aromatic rings. The Kier molecular flexibility index (Phi) is 6.87. The Morgan fingerprint density at radius 2 is 1.95 bits per heavy atom. The highest BCUT2D eigenvalue weighted by Crippen LogP contribution is 2.15. The summed E-state index contributed by atoms with van der Waals surface area (Å²) in [5.41, 5.74) is 6.20. The van der Waals surface area contributed by atoms with Gasteiger partial charge in [0.05, 0.1) is 10.6 Å². The van der Waals surface area contributed by atoms with Crippen LogP contribution >= 0.6 is 0 Å². The fourth-order valence-electron chi connectivity index (χ4n) is 1.61. The van der Waals surface area contributed by atoms with Gasteiger partial charge in [0.15, 0.2) is 0 Å². The van der Waals surface area contributed by atoms with Crippen molar-refractivity contribution in [1.82, 2.24) is 0 Å². The lowest BCUT2D eigenvalue weighted by Gasteiger charge is -1.99. The molecule has 0 saturated heterocycles. The molecule has 0 aliphatic carbocycles. The maximum absolute atomic E-state index is 10.5. The van der Waals surface area contributed by atoms with Gasteiger partial charge in [-0.25, -0.2) is 0 Å². The summed E-state index contributed by atoms with van der Waals surface area (Å²) >= 11 is 0. The second-order valence-electron chi connectivity index (χ2n) is 5.03. The molecule has 21 heavy (non-hydrogen) atoms. The van der Waals surface area contributed by atoms with Crippen molar-refractivity contribution in [2.24, 2.45) is 5.10 Å². The maximum atomic E-state index is 10.5. The fourth-order valence-corrected chi connectivity index (χ4v) is 1.61. The van der Waals surface area contributed by atoms with E-state index in [-0.39, 0.29) is 5.69 Å². The summed E-state index contributed by atoms with van der Waals surface area (Å²) in [7, 11) is 0. The molecule has 0 heterocycles. The number of hydrogen-bond acceptors (Lipinski definition) is 4. The zero-order chi connectivity index (χ0) is 15.7. The Morgan fingerprint density at radius 3 is 2.52 bits per heavy atom. The number of allylic oxidation sites excluding steroid dienone is 4. The van der Waals surface area contributed by atoms with E-state index in [1.54, 1.807) is 18.3 Å². The van der Waals surface area contributed by atoms with Gasteiger partial charge in [-0.15, -0.1) is 0 Å². The Hall–Kier alpha value is -2.43. The molecule has 0 saturated carbocycles. The second kappa shape index (κ2) is 8.68. The van der Waals surface area contributed by atoms with Crippen LogP contribution in [0, 0.1) is 10.1 Å². The van der Waals surface area contributed by atoms with Crippen molar-refractivity contribution in [3.8, 4) is 0 Å². The molecular formula is C16H21N3O2. The number of hydrogen-bond donors (Lipinski definition) is 1. The van der Waals surface area contributed by atoms with Crippen LogP contribution in [0.2, 0.25) is 0 Å². The molecule has 1 N–H and O–H groups in total. The van der Waals surface area contributed by atoms with Crippen LogP contribution in [-0.4, -0.2) is 11.1 Å². The zero-order valence-corrected chi connectivity index (χ0v) is 12.7. The molecule has 0 bridgehead atoms. The third-order valence-electron chi connectivity index (χ3n) is 2.80. The number of rotatable bonds is 7. The molecular weight excluding hydrogens is 266 g/mol. The Bertz CT molecular complexity index is 553. The monoisotopic (exact) mass is 287 g/mol. The van der Waals surface area contributed by atoms with Gasteiger partial charge in [-0.3, -0.25) is 15.5 Å². The van der Waals surface area contributed by atoms with E-state index in [0.29, 0.717) is 5.69 Å². The first kappa shape index (κ1) is 16.6. The van der Waals surface area contributed by atoms with Gasteiger partial charge in [0.1, 0.15) is 0 Å². The van der Waals surface area contributed by atoms with Crippen molar-refractivity contribution >= 4 is 17.6 Å². The van der Waals surface area contributed by atoms with Crippen molar-refractivity contribution in [3.05, 3.63) is 57.7 Å². The highest BCUT2D eigenvalue weighted by Gasteiger charge is 2.02. The van der Waals surface area contributed by atoms with Crippen LogP contribution in [-0.2, 0) is 0 Å². The summed E-state index contributed by atoms with van der Waals surface area (Å²) in [6.07, 6.45) is 7.91. The lowest BCUT2D eigenvalue weighted by molar-refractivity contribution is -0.384. The number of nitro groups is 1. The van der Waals surface area contributed by atoms with Crippen LogP contribution in [0.4, 0.5) is 11.4 Å². The van der Waals surface area contributed by atoms with Crippen LogP contribution in [0.15, 0.2) is 52.7 Å². The molecule has 5 heteroatoms. The van der Waals surface area contributed by atoms with Crippen molar-refractivity contribution in [1.29, 1.82) is 0 Å². The standard InChI is InChI=1S/C16H21N3O2/c1-13(2)5-4-6-14(3)11-12-17-18-15-7-9-16(10-8-15)19(20)21/h5,7-12,18H,4,6H2,1-3H3. The summed E-state index contributed by atoms with van der Waals surface area (Å²) in [6.45, 7) is 6.25. The van der Waals surface area contributed by atoms with Gasteiger partial charge in [0.25, 0.3) is 5.69 Å². The average molecular weight is 287 g/mol. The molecule has 112 valence electrons. The Morgan fingerprint density at radius 1 is 1.29 bits per heavy atom. The summed E-state index contributed by atoms with van der Waals surface area (Å²) in [5, 5.41) is 14.6. The molecule has 1 aromatic carbocycles. The minimum absolute atomic E-state index is 0.0690. The van der Waals surface area contributed by atoms with Gasteiger partial charge in [-0.1, -0.05) is 17.2 Å². The Balaban J connectivity index is 2.43. The summed E-state index contributed by atoms with van der Waals surface area (Å²) in [6, 6.07) is 6.14. The van der Waals surface area contributed by atoms with Gasteiger partial charge in [0.2, 0.25) is 0 Å². The normalized spacial score (nSPS) is 11.5. The lowest BCUT2D eigenvalue weighted by Crippen LogP contribution is -1.91. The highest BCUT2D eigenvalue weighted by atomic mass is 16.6.